The van der Waals surface area contributed by atoms with Gasteiger partial charge in [0.15, 0.2) is 0 Å². The Kier molecular flexibility index (Phi) is 26.3. The minimum Gasteiger partial charge on any atom is -0.354 e. The molecule has 4 nitrogen and oxygen atoms in total. The molecule has 0 rings (SSSR count). The van der Waals surface area contributed by atoms with Crippen molar-refractivity contribution < 1.29 is 9.59 Å². The van der Waals surface area contributed by atoms with E-state index < -0.39 is 0 Å². The summed E-state index contributed by atoms with van der Waals surface area (Å²) in [7, 11) is 0. The van der Waals surface area contributed by atoms with E-state index in [9.17, 15) is 9.59 Å². The fraction of sp³-hybridized carbons (Fsp3) is 0.931. The number of hydrogen-bond donors (Lipinski definition) is 2. The second-order valence-corrected chi connectivity index (χ2v) is 9.92. The van der Waals surface area contributed by atoms with Gasteiger partial charge < -0.3 is 10.6 Å². The van der Waals surface area contributed by atoms with Crippen LogP contribution in [0.3, 0.4) is 0 Å². The van der Waals surface area contributed by atoms with Crippen LogP contribution < -0.4 is 10.6 Å². The molecule has 0 saturated carbocycles. The third-order valence-electron chi connectivity index (χ3n) is 6.53. The zero-order chi connectivity index (χ0) is 24.2. The summed E-state index contributed by atoms with van der Waals surface area (Å²) in [4.78, 5) is 23.7. The molecule has 0 aliphatic rings. The highest BCUT2D eigenvalue weighted by Crippen LogP contribution is 2.13. The first-order chi connectivity index (χ1) is 16.2. The van der Waals surface area contributed by atoms with Gasteiger partial charge in [-0.2, -0.15) is 0 Å². The van der Waals surface area contributed by atoms with Crippen LogP contribution in [0.15, 0.2) is 0 Å². The van der Waals surface area contributed by atoms with Crippen molar-refractivity contribution in [3.8, 4) is 0 Å². The average molecular weight is 467 g/mol. The highest BCUT2D eigenvalue weighted by molar-refractivity contribution is 5.77. The van der Waals surface area contributed by atoms with Crippen LogP contribution in [0.25, 0.3) is 0 Å². The number of carbonyl (C=O) groups is 2. The van der Waals surface area contributed by atoms with E-state index in [1.54, 1.807) is 0 Å². The van der Waals surface area contributed by atoms with E-state index >= 15 is 0 Å². The topological polar surface area (TPSA) is 58.2 Å². The summed E-state index contributed by atoms with van der Waals surface area (Å²) in [6, 6.07) is 0. The van der Waals surface area contributed by atoms with Gasteiger partial charge in [-0.25, -0.2) is 0 Å². The lowest BCUT2D eigenvalue weighted by molar-refractivity contribution is -0.123. The molecule has 0 aliphatic carbocycles. The number of nitrogens with one attached hydrogen (secondary N) is 2. The minimum absolute atomic E-state index is 0.113. The number of carbonyl (C=O) groups excluding carboxylic acids is 2. The van der Waals surface area contributed by atoms with E-state index in [-0.39, 0.29) is 11.8 Å². The Labute approximate surface area is 206 Å². The highest BCUT2D eigenvalue weighted by atomic mass is 16.2. The smallest absolute Gasteiger partial charge is 0.220 e. The van der Waals surface area contributed by atoms with Crippen molar-refractivity contribution in [2.45, 2.75) is 162 Å². The first-order valence-electron chi connectivity index (χ1n) is 14.7. The van der Waals surface area contributed by atoms with Gasteiger partial charge >= 0.3 is 0 Å². The molecule has 0 atom stereocenters. The van der Waals surface area contributed by atoms with Crippen LogP contribution in [-0.2, 0) is 9.59 Å². The van der Waals surface area contributed by atoms with Gasteiger partial charge in [-0.15, -0.1) is 0 Å². The molecule has 0 radical (unpaired) electrons. The van der Waals surface area contributed by atoms with Crippen molar-refractivity contribution in [3.05, 3.63) is 0 Å². The minimum atomic E-state index is 0.113. The van der Waals surface area contributed by atoms with Gasteiger partial charge in [-0.05, 0) is 12.8 Å². The summed E-state index contributed by atoms with van der Waals surface area (Å²) < 4.78 is 0. The molecule has 0 heterocycles. The van der Waals surface area contributed by atoms with Gasteiger partial charge in [-0.1, -0.05) is 136 Å². The summed E-state index contributed by atoms with van der Waals surface area (Å²) in [5.41, 5.74) is 0. The van der Waals surface area contributed by atoms with Crippen LogP contribution >= 0.6 is 0 Å². The maximum absolute atomic E-state index is 11.9. The van der Waals surface area contributed by atoms with Crippen LogP contribution in [0.5, 0.6) is 0 Å². The van der Waals surface area contributed by atoms with E-state index in [4.69, 9.17) is 0 Å². The van der Waals surface area contributed by atoms with Gasteiger partial charge in [-0.3, -0.25) is 9.59 Å². The lowest BCUT2D eigenvalue weighted by atomic mass is 10.0. The molecular weight excluding hydrogens is 408 g/mol. The third kappa shape index (κ3) is 27.1. The first-order valence-corrected chi connectivity index (χ1v) is 14.7. The van der Waals surface area contributed by atoms with Crippen LogP contribution in [0, 0.1) is 0 Å². The van der Waals surface area contributed by atoms with Crippen molar-refractivity contribution in [1.29, 1.82) is 0 Å². The molecule has 0 aromatic rings. The van der Waals surface area contributed by atoms with Gasteiger partial charge in [0.25, 0.3) is 0 Å². The molecule has 33 heavy (non-hydrogen) atoms. The molecule has 196 valence electrons. The molecule has 0 spiro atoms. The molecule has 0 aliphatic heterocycles. The SMILES string of the molecule is CCCCCCCCCCCCCCCCCC(=O)NCCNC(=O)CCCCCCCC. The zero-order valence-corrected chi connectivity index (χ0v) is 22.5. The Hall–Kier alpha value is -1.06. The van der Waals surface area contributed by atoms with Crippen LogP contribution in [0.4, 0.5) is 0 Å². The van der Waals surface area contributed by atoms with Gasteiger partial charge in [0, 0.05) is 25.9 Å². The number of amides is 2. The van der Waals surface area contributed by atoms with Gasteiger partial charge in [0.05, 0.1) is 0 Å². The normalized spacial score (nSPS) is 11.0. The van der Waals surface area contributed by atoms with E-state index in [0.29, 0.717) is 25.9 Å². The van der Waals surface area contributed by atoms with Crippen molar-refractivity contribution >= 4 is 11.8 Å². The van der Waals surface area contributed by atoms with E-state index in [1.807, 2.05) is 0 Å². The predicted molar refractivity (Wildman–Crippen MR) is 144 cm³/mol. The molecular formula is C29H58N2O2. The Bertz CT molecular complexity index is 426. The zero-order valence-electron chi connectivity index (χ0n) is 22.5. The Balaban J connectivity index is 3.25. The maximum atomic E-state index is 11.9. The fourth-order valence-corrected chi connectivity index (χ4v) is 4.30. The average Bonchev–Trinajstić information content (AvgIpc) is 2.81. The monoisotopic (exact) mass is 466 g/mol. The lowest BCUT2D eigenvalue weighted by Crippen LogP contribution is -2.34. The highest BCUT2D eigenvalue weighted by Gasteiger charge is 2.03. The second kappa shape index (κ2) is 27.2. The van der Waals surface area contributed by atoms with Crippen LogP contribution in [0.2, 0.25) is 0 Å². The molecule has 0 aromatic heterocycles. The molecule has 2 N–H and O–H groups in total. The Morgan fingerprint density at radius 3 is 0.909 bits per heavy atom. The maximum Gasteiger partial charge on any atom is 0.220 e. The van der Waals surface area contributed by atoms with E-state index in [1.165, 1.54) is 109 Å². The van der Waals surface area contributed by atoms with Crippen molar-refractivity contribution in [1.82, 2.24) is 10.6 Å². The lowest BCUT2D eigenvalue weighted by Gasteiger charge is -2.07. The van der Waals surface area contributed by atoms with E-state index in [2.05, 4.69) is 24.5 Å². The molecule has 0 unspecified atom stereocenters. The molecule has 4 heteroatoms. The molecule has 0 bridgehead atoms. The Morgan fingerprint density at radius 2 is 0.636 bits per heavy atom. The van der Waals surface area contributed by atoms with Crippen LogP contribution in [0.1, 0.15) is 162 Å². The largest absolute Gasteiger partial charge is 0.354 e. The van der Waals surface area contributed by atoms with Crippen molar-refractivity contribution in [2.75, 3.05) is 13.1 Å². The molecule has 0 fully saturated rings. The third-order valence-corrected chi connectivity index (χ3v) is 6.53. The summed E-state index contributed by atoms with van der Waals surface area (Å²) >= 11 is 0. The second-order valence-electron chi connectivity index (χ2n) is 9.92. The summed E-state index contributed by atoms with van der Waals surface area (Å²) in [6.07, 6.45) is 28.5. The van der Waals surface area contributed by atoms with Crippen LogP contribution in [-0.4, -0.2) is 24.9 Å². The van der Waals surface area contributed by atoms with Gasteiger partial charge in [0.1, 0.15) is 0 Å². The molecule has 0 saturated heterocycles. The predicted octanol–water partition coefficient (Wildman–Crippen LogP) is 8.23. The standard InChI is InChI=1S/C29H58N2O2/c1-3-5-7-9-11-12-13-14-15-16-17-18-19-21-23-25-29(33)31-27-26-30-28(32)24-22-20-10-8-6-4-2/h3-27H2,1-2H3,(H,30,32)(H,31,33). The summed E-state index contributed by atoms with van der Waals surface area (Å²) in [5, 5.41) is 5.83. The molecule has 2 amide bonds. The first kappa shape index (κ1) is 31.9. The fourth-order valence-electron chi connectivity index (χ4n) is 4.30. The number of hydrogen-bond acceptors (Lipinski definition) is 2. The number of rotatable bonds is 26. The Morgan fingerprint density at radius 1 is 0.394 bits per heavy atom. The number of unbranched alkanes of at least 4 members (excludes halogenated alkanes) is 19. The summed E-state index contributed by atoms with van der Waals surface area (Å²) in [6.45, 7) is 5.58. The molecule has 0 aromatic carbocycles. The van der Waals surface area contributed by atoms with Crippen molar-refractivity contribution in [2.24, 2.45) is 0 Å². The quantitative estimate of drug-likeness (QED) is 0.126. The van der Waals surface area contributed by atoms with Gasteiger partial charge in [0.2, 0.25) is 11.8 Å². The van der Waals surface area contributed by atoms with Crippen molar-refractivity contribution in [3.63, 3.8) is 0 Å². The van der Waals surface area contributed by atoms with E-state index in [0.717, 1.165) is 25.7 Å². The summed E-state index contributed by atoms with van der Waals surface area (Å²) in [5.74, 6) is 0.233.